The van der Waals surface area contributed by atoms with Gasteiger partial charge in [-0.15, -0.1) is 0 Å². The van der Waals surface area contributed by atoms with Crippen molar-refractivity contribution in [3.63, 3.8) is 0 Å². The van der Waals surface area contributed by atoms with E-state index in [0.29, 0.717) is 0 Å². The molecular formula is C11H16N5O8P. The lowest BCUT2D eigenvalue weighted by molar-refractivity contribution is -0.0504. The van der Waals surface area contributed by atoms with Crippen LogP contribution in [0.1, 0.15) is 6.23 Å². The highest BCUT2D eigenvalue weighted by molar-refractivity contribution is 7.46. The lowest BCUT2D eigenvalue weighted by atomic mass is 10.1. The number of phosphoric ester groups is 1. The van der Waals surface area contributed by atoms with Crippen molar-refractivity contribution in [2.75, 3.05) is 12.3 Å². The molecule has 0 radical (unpaired) electrons. The molecule has 0 unspecified atom stereocenters. The Morgan fingerprint density at radius 3 is 2.72 bits per heavy atom. The van der Waals surface area contributed by atoms with Gasteiger partial charge in [0.25, 0.3) is 0 Å². The third-order valence-corrected chi connectivity index (χ3v) is 4.36. The fourth-order valence-electron chi connectivity index (χ4n) is 2.53. The molecule has 1 aliphatic rings. The number of aromatic nitrogens is 4. The van der Waals surface area contributed by atoms with Crippen LogP contribution in [0.5, 0.6) is 0 Å². The van der Waals surface area contributed by atoms with E-state index in [4.69, 9.17) is 20.3 Å². The number of fused-ring (bicyclic) bond motifs is 1. The maximum absolute atomic E-state index is 11.8. The van der Waals surface area contributed by atoms with E-state index in [1.807, 2.05) is 0 Å². The van der Waals surface area contributed by atoms with Crippen molar-refractivity contribution in [2.24, 2.45) is 7.05 Å². The number of aliphatic hydroxyl groups excluding tert-OH is 2. The van der Waals surface area contributed by atoms with Crippen LogP contribution < -0.4 is 11.4 Å². The topological polar surface area (TPSA) is 195 Å². The second-order valence-electron chi connectivity index (χ2n) is 5.50. The number of imidazole rings is 1. The van der Waals surface area contributed by atoms with E-state index < -0.39 is 44.7 Å². The molecule has 2 aromatic heterocycles. The van der Waals surface area contributed by atoms with Gasteiger partial charge in [-0.3, -0.25) is 13.7 Å². The average Bonchev–Trinajstić information content (AvgIpc) is 3.05. The summed E-state index contributed by atoms with van der Waals surface area (Å²) < 4.78 is 22.8. The van der Waals surface area contributed by atoms with Gasteiger partial charge in [-0.1, -0.05) is 0 Å². The van der Waals surface area contributed by atoms with E-state index in [1.165, 1.54) is 17.9 Å². The number of nitrogens with two attached hydrogens (primary N) is 1. The third-order valence-electron chi connectivity index (χ3n) is 3.88. The number of phosphoric acid groups is 1. The summed E-state index contributed by atoms with van der Waals surface area (Å²) in [4.78, 5) is 37.1. The zero-order valence-corrected chi connectivity index (χ0v) is 13.7. The molecule has 0 bridgehead atoms. The Hall–Kier alpha value is -1.86. The first-order valence-electron chi connectivity index (χ1n) is 7.01. The van der Waals surface area contributed by atoms with E-state index in [2.05, 4.69) is 14.5 Å². The van der Waals surface area contributed by atoms with E-state index in [9.17, 15) is 19.6 Å². The summed E-state index contributed by atoms with van der Waals surface area (Å²) in [6, 6.07) is 0. The number of rotatable bonds is 4. The summed E-state index contributed by atoms with van der Waals surface area (Å²) in [6.07, 6.45) is -4.16. The predicted octanol–water partition coefficient (Wildman–Crippen LogP) is -2.56. The van der Waals surface area contributed by atoms with Crippen LogP contribution in [0, 0.1) is 0 Å². The van der Waals surface area contributed by atoms with Crippen LogP contribution in [0.25, 0.3) is 11.2 Å². The number of aliphatic hydroxyl groups is 2. The van der Waals surface area contributed by atoms with Gasteiger partial charge in [0, 0.05) is 7.05 Å². The molecule has 0 spiro atoms. The second kappa shape index (κ2) is 6.14. The number of ether oxygens (including phenoxy) is 1. The number of hydrogen-bond donors (Lipinski definition) is 5. The fraction of sp³-hybridized carbons (Fsp3) is 0.545. The monoisotopic (exact) mass is 377 g/mol. The molecular weight excluding hydrogens is 361 g/mol. The minimum Gasteiger partial charge on any atom is -0.387 e. The molecule has 138 valence electrons. The van der Waals surface area contributed by atoms with Gasteiger partial charge in [0.05, 0.1) is 12.9 Å². The zero-order valence-electron chi connectivity index (χ0n) is 12.8. The van der Waals surface area contributed by atoms with Gasteiger partial charge in [-0.25, -0.2) is 14.3 Å². The molecule has 6 N–H and O–H groups in total. The molecule has 3 rings (SSSR count). The SMILES string of the molecule is Cn1c(N)c2ncn([C@@H]3O[C@H](COP(=O)(O)O)[C@@H](O)[C@H]3O)c2nc1=O. The molecule has 25 heavy (non-hydrogen) atoms. The van der Waals surface area contributed by atoms with Gasteiger partial charge in [-0.2, -0.15) is 4.98 Å². The van der Waals surface area contributed by atoms with Gasteiger partial charge >= 0.3 is 13.5 Å². The maximum Gasteiger partial charge on any atom is 0.469 e. The Morgan fingerprint density at radius 2 is 2.08 bits per heavy atom. The van der Waals surface area contributed by atoms with Gasteiger partial charge < -0.3 is 30.5 Å². The number of nitrogen functional groups attached to an aromatic ring is 1. The highest BCUT2D eigenvalue weighted by atomic mass is 31.2. The smallest absolute Gasteiger partial charge is 0.387 e. The van der Waals surface area contributed by atoms with Crippen LogP contribution in [0.4, 0.5) is 5.82 Å². The van der Waals surface area contributed by atoms with Crippen molar-refractivity contribution >= 4 is 24.8 Å². The Morgan fingerprint density at radius 1 is 1.40 bits per heavy atom. The van der Waals surface area contributed by atoms with Crippen LogP contribution in [-0.4, -0.2) is 64.0 Å². The molecule has 0 amide bonds. The lowest BCUT2D eigenvalue weighted by Crippen LogP contribution is -2.33. The zero-order chi connectivity index (χ0) is 18.5. The molecule has 13 nitrogen and oxygen atoms in total. The number of nitrogens with zero attached hydrogens (tertiary/aromatic N) is 4. The highest BCUT2D eigenvalue weighted by Crippen LogP contribution is 2.38. The average molecular weight is 377 g/mol. The molecule has 1 saturated heterocycles. The Bertz CT molecular complexity index is 906. The van der Waals surface area contributed by atoms with Crippen molar-refractivity contribution in [2.45, 2.75) is 24.5 Å². The summed E-state index contributed by atoms with van der Waals surface area (Å²) in [5, 5.41) is 20.2. The van der Waals surface area contributed by atoms with Crippen molar-refractivity contribution < 1.29 is 33.8 Å². The van der Waals surface area contributed by atoms with Crippen molar-refractivity contribution in [1.82, 2.24) is 19.1 Å². The van der Waals surface area contributed by atoms with E-state index in [1.54, 1.807) is 0 Å². The van der Waals surface area contributed by atoms with E-state index in [-0.39, 0.29) is 17.0 Å². The number of hydrogen-bond acceptors (Lipinski definition) is 9. The molecule has 3 heterocycles. The van der Waals surface area contributed by atoms with Gasteiger partial charge in [0.1, 0.15) is 29.6 Å². The van der Waals surface area contributed by atoms with E-state index >= 15 is 0 Å². The largest absolute Gasteiger partial charge is 0.469 e. The van der Waals surface area contributed by atoms with Crippen molar-refractivity contribution in [3.05, 3.63) is 16.8 Å². The summed E-state index contributed by atoms with van der Waals surface area (Å²) in [5.41, 5.74) is 5.38. The van der Waals surface area contributed by atoms with Gasteiger partial charge in [0.2, 0.25) is 0 Å². The van der Waals surface area contributed by atoms with Crippen molar-refractivity contribution in [1.29, 1.82) is 0 Å². The maximum atomic E-state index is 11.8. The minimum atomic E-state index is -4.77. The van der Waals surface area contributed by atoms with Crippen LogP contribution in [0.15, 0.2) is 11.1 Å². The standard InChI is InChI=1S/C11H16N5O8P/c1-15-8(12)5-9(14-11(15)19)16(3-13-5)10-7(18)6(17)4(24-10)2-23-25(20,21)22/h3-4,6-7,10,17-18H,2,12H2,1H3,(H2,20,21,22)/t4-,6-,7-,10-/m1/s1. The lowest BCUT2D eigenvalue weighted by Gasteiger charge is -2.16. The van der Waals surface area contributed by atoms with E-state index in [0.717, 1.165) is 4.57 Å². The Labute approximate surface area is 139 Å². The third kappa shape index (κ3) is 3.18. The minimum absolute atomic E-state index is 0.0356. The molecule has 0 aromatic carbocycles. The van der Waals surface area contributed by atoms with Crippen LogP contribution >= 0.6 is 7.82 Å². The predicted molar refractivity (Wildman–Crippen MR) is 81.1 cm³/mol. The molecule has 0 saturated carbocycles. The van der Waals surface area contributed by atoms with Gasteiger partial charge in [0.15, 0.2) is 11.9 Å². The quantitative estimate of drug-likeness (QED) is 0.352. The molecule has 14 heteroatoms. The molecule has 1 aliphatic heterocycles. The van der Waals surface area contributed by atoms with Crippen LogP contribution in [-0.2, 0) is 20.9 Å². The normalized spacial score (nSPS) is 27.2. The summed E-state index contributed by atoms with van der Waals surface area (Å²) in [7, 11) is -3.35. The van der Waals surface area contributed by atoms with Crippen LogP contribution in [0.3, 0.4) is 0 Å². The summed E-state index contributed by atoms with van der Waals surface area (Å²) in [6.45, 7) is -0.650. The summed E-state index contributed by atoms with van der Waals surface area (Å²) in [5.74, 6) is 0.0585. The first kappa shape index (κ1) is 17.9. The number of anilines is 1. The van der Waals surface area contributed by atoms with Crippen LogP contribution in [0.2, 0.25) is 0 Å². The Balaban J connectivity index is 1.93. The summed E-state index contributed by atoms with van der Waals surface area (Å²) >= 11 is 0. The Kier molecular flexibility index (Phi) is 4.41. The van der Waals surface area contributed by atoms with Crippen molar-refractivity contribution in [3.8, 4) is 0 Å². The molecule has 2 aromatic rings. The van der Waals surface area contributed by atoms with Gasteiger partial charge in [-0.05, 0) is 0 Å². The molecule has 1 fully saturated rings. The second-order valence-corrected chi connectivity index (χ2v) is 6.73. The first-order chi connectivity index (χ1) is 11.6. The highest BCUT2D eigenvalue weighted by Gasteiger charge is 2.45. The fourth-order valence-corrected chi connectivity index (χ4v) is 2.87. The molecule has 0 aliphatic carbocycles. The first-order valence-corrected chi connectivity index (χ1v) is 8.54. The molecule has 4 atom stereocenters.